The van der Waals surface area contributed by atoms with Gasteiger partial charge in [0.05, 0.1) is 41.8 Å². The van der Waals surface area contributed by atoms with Crippen molar-refractivity contribution < 1.29 is 14.3 Å². The van der Waals surface area contributed by atoms with Crippen molar-refractivity contribution in [2.75, 3.05) is 40.5 Å². The summed E-state index contributed by atoms with van der Waals surface area (Å²) in [6.45, 7) is 4.89. The molecule has 5 rings (SSSR count). The first-order valence-electron chi connectivity index (χ1n) is 10.4. The molecular weight excluding hydrogens is 414 g/mol. The Balaban J connectivity index is 1.54. The Morgan fingerprint density at radius 2 is 2.06 bits per heavy atom. The molecule has 1 amide bonds. The predicted octanol–water partition coefficient (Wildman–Crippen LogP) is 3.25. The molecule has 1 atom stereocenters. The SMILES string of the molecule is CNC(=O)C(C)[N+]1(c2cc3[nH]c(-c4n[nH]c5cc(OC)ccc45)cc3s2)CCOCC1. The fraction of sp³-hybridized carbons (Fsp3) is 0.364. The van der Waals surface area contributed by atoms with Crippen molar-refractivity contribution in [2.24, 2.45) is 0 Å². The lowest BCUT2D eigenvalue weighted by molar-refractivity contribution is -0.126. The van der Waals surface area contributed by atoms with Crippen LogP contribution in [0, 0.1) is 0 Å². The number of ether oxygens (including phenoxy) is 2. The van der Waals surface area contributed by atoms with Gasteiger partial charge < -0.3 is 19.8 Å². The Labute approximate surface area is 183 Å². The second-order valence-corrected chi connectivity index (χ2v) is 8.98. The third-order valence-corrected chi connectivity index (χ3v) is 7.64. The van der Waals surface area contributed by atoms with Gasteiger partial charge in [0.2, 0.25) is 0 Å². The summed E-state index contributed by atoms with van der Waals surface area (Å²) < 4.78 is 12.7. The van der Waals surface area contributed by atoms with Crippen LogP contribution in [0.5, 0.6) is 5.75 Å². The third-order valence-electron chi connectivity index (χ3n) is 6.39. The minimum absolute atomic E-state index is 0.0538. The second kappa shape index (κ2) is 7.67. The number of H-pyrrole nitrogens is 2. The normalized spacial score (nSPS) is 17.1. The van der Waals surface area contributed by atoms with Gasteiger partial charge in [-0.05, 0) is 25.1 Å². The number of amides is 1. The van der Waals surface area contributed by atoms with E-state index in [2.05, 4.69) is 32.6 Å². The number of thiophene rings is 1. The van der Waals surface area contributed by atoms with Crippen LogP contribution in [-0.4, -0.2) is 67.6 Å². The molecule has 0 bridgehead atoms. The molecule has 0 spiro atoms. The molecule has 4 aromatic rings. The van der Waals surface area contributed by atoms with Gasteiger partial charge in [0, 0.05) is 24.6 Å². The third kappa shape index (κ3) is 3.20. The molecule has 1 saturated heterocycles. The van der Waals surface area contributed by atoms with Crippen LogP contribution in [0.15, 0.2) is 30.3 Å². The van der Waals surface area contributed by atoms with Gasteiger partial charge >= 0.3 is 0 Å². The van der Waals surface area contributed by atoms with Gasteiger partial charge in [0.1, 0.15) is 24.5 Å². The van der Waals surface area contributed by atoms with Crippen molar-refractivity contribution in [1.82, 2.24) is 25.0 Å². The van der Waals surface area contributed by atoms with Gasteiger partial charge in [0.25, 0.3) is 5.91 Å². The number of nitrogens with one attached hydrogen (secondary N) is 3. The molecule has 1 aromatic carbocycles. The Morgan fingerprint density at radius 3 is 2.77 bits per heavy atom. The van der Waals surface area contributed by atoms with E-state index in [1.165, 1.54) is 5.00 Å². The van der Waals surface area contributed by atoms with Crippen molar-refractivity contribution in [3.8, 4) is 17.1 Å². The number of nitrogens with zero attached hydrogens (tertiary/aromatic N) is 2. The first kappa shape index (κ1) is 20.0. The Kier molecular flexibility index (Phi) is 4.96. The van der Waals surface area contributed by atoms with E-state index in [9.17, 15) is 4.79 Å². The Bertz CT molecular complexity index is 1220. The van der Waals surface area contributed by atoms with E-state index in [-0.39, 0.29) is 11.9 Å². The van der Waals surface area contributed by atoms with E-state index in [1.54, 1.807) is 25.5 Å². The lowest BCUT2D eigenvalue weighted by atomic mass is 10.1. The highest BCUT2D eigenvalue weighted by Crippen LogP contribution is 2.41. The molecule has 4 heterocycles. The molecule has 162 valence electrons. The van der Waals surface area contributed by atoms with Crippen LogP contribution in [0.25, 0.3) is 32.5 Å². The number of likely N-dealkylation sites (N-methyl/N-ethyl adjacent to an activating group) is 1. The van der Waals surface area contributed by atoms with E-state index in [4.69, 9.17) is 9.47 Å². The van der Waals surface area contributed by atoms with Crippen molar-refractivity contribution in [3.05, 3.63) is 30.3 Å². The topological polar surface area (TPSA) is 92.0 Å². The fourth-order valence-electron chi connectivity index (χ4n) is 4.49. The number of hydrogen-bond acceptors (Lipinski definition) is 5. The number of morpholine rings is 1. The van der Waals surface area contributed by atoms with Crippen molar-refractivity contribution in [1.29, 1.82) is 0 Å². The number of rotatable bonds is 5. The van der Waals surface area contributed by atoms with Gasteiger partial charge in [-0.25, -0.2) is 0 Å². The van der Waals surface area contributed by atoms with Crippen molar-refractivity contribution >= 4 is 43.4 Å². The summed E-state index contributed by atoms with van der Waals surface area (Å²) in [5, 5.41) is 12.7. The summed E-state index contributed by atoms with van der Waals surface area (Å²) in [7, 11) is 3.36. The molecule has 1 unspecified atom stereocenters. The molecular formula is C22H26N5O3S+. The van der Waals surface area contributed by atoms with Crippen LogP contribution in [0.3, 0.4) is 0 Å². The second-order valence-electron chi connectivity index (χ2n) is 7.91. The van der Waals surface area contributed by atoms with Gasteiger partial charge in [0.15, 0.2) is 11.0 Å². The van der Waals surface area contributed by atoms with E-state index in [0.717, 1.165) is 51.3 Å². The first-order chi connectivity index (χ1) is 15.1. The molecule has 0 radical (unpaired) electrons. The number of benzene rings is 1. The van der Waals surface area contributed by atoms with Gasteiger partial charge in [-0.15, -0.1) is 0 Å². The van der Waals surface area contributed by atoms with Crippen LogP contribution in [0.4, 0.5) is 5.00 Å². The predicted molar refractivity (Wildman–Crippen MR) is 124 cm³/mol. The van der Waals surface area contributed by atoms with Gasteiger partial charge in [-0.3, -0.25) is 14.4 Å². The highest BCUT2D eigenvalue weighted by Gasteiger charge is 2.43. The summed E-state index contributed by atoms with van der Waals surface area (Å²) in [5.74, 6) is 0.850. The quantitative estimate of drug-likeness (QED) is 0.416. The van der Waals surface area contributed by atoms with E-state index in [1.807, 2.05) is 25.1 Å². The zero-order valence-electron chi connectivity index (χ0n) is 17.8. The Morgan fingerprint density at radius 1 is 1.26 bits per heavy atom. The van der Waals surface area contributed by atoms with Crippen LogP contribution in [-0.2, 0) is 9.53 Å². The number of aromatic amines is 2. The molecule has 1 fully saturated rings. The monoisotopic (exact) mass is 440 g/mol. The van der Waals surface area contributed by atoms with Crippen molar-refractivity contribution in [3.63, 3.8) is 0 Å². The highest BCUT2D eigenvalue weighted by atomic mass is 32.1. The van der Waals surface area contributed by atoms with Gasteiger partial charge in [-0.2, -0.15) is 5.10 Å². The van der Waals surface area contributed by atoms with Crippen LogP contribution in [0.1, 0.15) is 6.92 Å². The van der Waals surface area contributed by atoms with Crippen LogP contribution < -0.4 is 14.5 Å². The van der Waals surface area contributed by atoms with E-state index >= 15 is 0 Å². The maximum Gasteiger partial charge on any atom is 0.278 e. The number of carbonyl (C=O) groups is 1. The number of fused-ring (bicyclic) bond motifs is 2. The zero-order valence-corrected chi connectivity index (χ0v) is 18.6. The fourth-order valence-corrected chi connectivity index (χ4v) is 5.81. The summed E-state index contributed by atoms with van der Waals surface area (Å²) >= 11 is 1.74. The number of carbonyl (C=O) groups excluding carboxylic acids is 1. The molecule has 8 nitrogen and oxygen atoms in total. The highest BCUT2D eigenvalue weighted by molar-refractivity contribution is 7.22. The maximum absolute atomic E-state index is 12.5. The smallest absolute Gasteiger partial charge is 0.278 e. The number of methoxy groups -OCH3 is 1. The average molecular weight is 441 g/mol. The molecule has 0 aliphatic carbocycles. The maximum atomic E-state index is 12.5. The first-order valence-corrected chi connectivity index (χ1v) is 11.2. The largest absolute Gasteiger partial charge is 0.497 e. The molecule has 1 aliphatic rings. The molecule has 1 aliphatic heterocycles. The summed E-state index contributed by atoms with van der Waals surface area (Å²) in [5.41, 5.74) is 3.85. The van der Waals surface area contributed by atoms with E-state index < -0.39 is 0 Å². The molecule has 31 heavy (non-hydrogen) atoms. The number of hydrogen-bond donors (Lipinski definition) is 3. The number of aromatic nitrogens is 3. The van der Waals surface area contributed by atoms with Crippen LogP contribution >= 0.6 is 11.3 Å². The van der Waals surface area contributed by atoms with Crippen molar-refractivity contribution in [2.45, 2.75) is 13.0 Å². The molecule has 3 N–H and O–H groups in total. The van der Waals surface area contributed by atoms with E-state index in [0.29, 0.717) is 17.7 Å². The minimum atomic E-state index is -0.179. The average Bonchev–Trinajstić information content (AvgIpc) is 3.50. The minimum Gasteiger partial charge on any atom is -0.497 e. The standard InChI is InChI=1S/C22H25N5O3S/c1-13(22(28)23-2)27(6-8-30-9-7-27)20-12-17-19(31-20)11-18(24-17)21-15-5-4-14(29-3)10-16(15)25-26-21/h4-5,10-13H,6-9H2,1-3H3,(H2-,23,24,25,26,28)/p+1. The zero-order chi connectivity index (χ0) is 21.6. The van der Waals surface area contributed by atoms with Gasteiger partial charge in [-0.1, -0.05) is 11.3 Å². The molecule has 9 heteroatoms. The Hall–Kier alpha value is -2.88. The lowest BCUT2D eigenvalue weighted by Crippen LogP contribution is -2.65. The molecule has 3 aromatic heterocycles. The summed E-state index contributed by atoms with van der Waals surface area (Å²) in [6, 6.07) is 10.1. The summed E-state index contributed by atoms with van der Waals surface area (Å²) in [6.07, 6.45) is 0. The molecule has 0 saturated carbocycles. The van der Waals surface area contributed by atoms with Crippen LogP contribution in [0.2, 0.25) is 0 Å². The number of quaternary nitrogens is 1. The lowest BCUT2D eigenvalue weighted by Gasteiger charge is -2.43. The summed E-state index contributed by atoms with van der Waals surface area (Å²) in [4.78, 5) is 16.1.